The van der Waals surface area contributed by atoms with Crippen LogP contribution in [0.5, 0.6) is 0 Å². The number of nitrogens with two attached hydrogens (primary N) is 1. The van der Waals surface area contributed by atoms with Gasteiger partial charge in [-0.25, -0.2) is 19.3 Å². The number of pyridine rings is 2. The number of benzene rings is 2. The van der Waals surface area contributed by atoms with Crippen LogP contribution < -0.4 is 5.73 Å². The van der Waals surface area contributed by atoms with Crippen molar-refractivity contribution < 1.29 is 14.3 Å². The standard InChI is InChI=1S/C35H35FN6O2/c36-29-6-2-1-4-27(29)30-15-16-31-34(39-30)42(33(40-31)28-5-3-18-38-32(28)37)26-13-11-23(12-14-26)25-17-19-41(21-25)20-22-7-9-24(10-8-22)35(43)44/h1-6,11-16,18,22,24-25H,7-10,17,19-21H2,(H2,37,38)(H,43,44)/t22-,24-,25?. The van der Waals surface area contributed by atoms with Gasteiger partial charge in [0.25, 0.3) is 0 Å². The molecule has 1 saturated heterocycles. The third-order valence-electron chi connectivity index (χ3n) is 9.34. The highest BCUT2D eigenvalue weighted by molar-refractivity contribution is 5.84. The SMILES string of the molecule is Nc1ncccc1-c1nc2ccc(-c3ccccc3F)nc2n1-c1ccc(C2CCN(C[C@H]3CC[C@H](C(=O)O)CC3)C2)cc1. The van der Waals surface area contributed by atoms with Gasteiger partial charge in [0.1, 0.15) is 17.2 Å². The molecule has 3 N–H and O–H groups in total. The minimum Gasteiger partial charge on any atom is -0.481 e. The number of carboxylic acid groups (broad SMARTS) is 1. The first-order valence-corrected chi connectivity index (χ1v) is 15.4. The monoisotopic (exact) mass is 590 g/mol. The fourth-order valence-electron chi connectivity index (χ4n) is 6.93. The predicted octanol–water partition coefficient (Wildman–Crippen LogP) is 6.55. The van der Waals surface area contributed by atoms with Crippen LogP contribution in [-0.2, 0) is 4.79 Å². The zero-order valence-electron chi connectivity index (χ0n) is 24.4. The second-order valence-electron chi connectivity index (χ2n) is 12.1. The maximum atomic E-state index is 14.7. The molecule has 224 valence electrons. The number of carboxylic acids is 1. The fourth-order valence-corrected chi connectivity index (χ4v) is 6.93. The number of fused-ring (bicyclic) bond motifs is 1. The molecule has 1 unspecified atom stereocenters. The molecule has 8 nitrogen and oxygen atoms in total. The van der Waals surface area contributed by atoms with Crippen molar-refractivity contribution in [1.82, 2.24) is 24.4 Å². The van der Waals surface area contributed by atoms with Crippen molar-refractivity contribution in [2.75, 3.05) is 25.4 Å². The summed E-state index contributed by atoms with van der Waals surface area (Å²) in [6.07, 6.45) is 6.35. The number of anilines is 1. The highest BCUT2D eigenvalue weighted by Gasteiger charge is 2.30. The average molecular weight is 591 g/mol. The summed E-state index contributed by atoms with van der Waals surface area (Å²) in [6.45, 7) is 3.12. The van der Waals surface area contributed by atoms with Crippen molar-refractivity contribution in [1.29, 1.82) is 0 Å². The van der Waals surface area contributed by atoms with E-state index < -0.39 is 5.97 Å². The molecule has 2 aromatic carbocycles. The number of likely N-dealkylation sites (tertiary alicyclic amines) is 1. The van der Waals surface area contributed by atoms with E-state index in [1.54, 1.807) is 30.5 Å². The number of rotatable bonds is 7. The lowest BCUT2D eigenvalue weighted by Gasteiger charge is -2.29. The van der Waals surface area contributed by atoms with Crippen molar-refractivity contribution in [3.8, 4) is 28.3 Å². The van der Waals surface area contributed by atoms with E-state index in [1.807, 2.05) is 22.8 Å². The van der Waals surface area contributed by atoms with E-state index in [1.165, 1.54) is 11.6 Å². The summed E-state index contributed by atoms with van der Waals surface area (Å²) in [4.78, 5) is 28.0. The molecular weight excluding hydrogens is 555 g/mol. The van der Waals surface area contributed by atoms with E-state index in [-0.39, 0.29) is 11.7 Å². The number of nitrogens with zero attached hydrogens (tertiary/aromatic N) is 5. The maximum Gasteiger partial charge on any atom is 0.306 e. The first-order chi connectivity index (χ1) is 21.4. The molecule has 1 atom stereocenters. The van der Waals surface area contributed by atoms with Crippen molar-refractivity contribution in [3.63, 3.8) is 0 Å². The summed E-state index contributed by atoms with van der Waals surface area (Å²) >= 11 is 0. The predicted molar refractivity (Wildman–Crippen MR) is 169 cm³/mol. The molecular formula is C35H35FN6O2. The van der Waals surface area contributed by atoms with Gasteiger partial charge in [0.15, 0.2) is 11.5 Å². The Morgan fingerprint density at radius 3 is 2.43 bits per heavy atom. The highest BCUT2D eigenvalue weighted by atomic mass is 19.1. The summed E-state index contributed by atoms with van der Waals surface area (Å²) in [5.41, 5.74) is 11.4. The molecule has 4 heterocycles. The van der Waals surface area contributed by atoms with Crippen molar-refractivity contribution in [2.24, 2.45) is 11.8 Å². The average Bonchev–Trinajstić information content (AvgIpc) is 3.66. The van der Waals surface area contributed by atoms with Crippen LogP contribution in [0.25, 0.3) is 39.5 Å². The van der Waals surface area contributed by atoms with Gasteiger partial charge in [-0.15, -0.1) is 0 Å². The molecule has 0 amide bonds. The summed E-state index contributed by atoms with van der Waals surface area (Å²) in [5, 5.41) is 9.32. The first-order valence-electron chi connectivity index (χ1n) is 15.4. The third-order valence-corrected chi connectivity index (χ3v) is 9.34. The summed E-state index contributed by atoms with van der Waals surface area (Å²) < 4.78 is 16.7. The Hall–Kier alpha value is -4.63. The molecule has 2 fully saturated rings. The lowest BCUT2D eigenvalue weighted by molar-refractivity contribution is -0.143. The molecule has 9 heteroatoms. The van der Waals surface area contributed by atoms with Crippen LogP contribution in [0.3, 0.4) is 0 Å². The Morgan fingerprint density at radius 1 is 0.909 bits per heavy atom. The second-order valence-corrected chi connectivity index (χ2v) is 12.1. The van der Waals surface area contributed by atoms with Gasteiger partial charge in [0.05, 0.1) is 17.2 Å². The van der Waals surface area contributed by atoms with Crippen LogP contribution in [0.2, 0.25) is 0 Å². The van der Waals surface area contributed by atoms with Crippen LogP contribution in [-0.4, -0.2) is 55.1 Å². The molecule has 1 aliphatic heterocycles. The number of imidazole rings is 1. The van der Waals surface area contributed by atoms with Gasteiger partial charge < -0.3 is 15.7 Å². The van der Waals surface area contributed by atoms with Gasteiger partial charge in [-0.2, -0.15) is 0 Å². The normalized spacial score (nSPS) is 20.7. The van der Waals surface area contributed by atoms with Crippen molar-refractivity contribution >= 4 is 23.0 Å². The number of hydrogen-bond acceptors (Lipinski definition) is 6. The van der Waals surface area contributed by atoms with E-state index in [0.29, 0.717) is 51.5 Å². The Morgan fingerprint density at radius 2 is 1.68 bits per heavy atom. The Balaban J connectivity index is 1.17. The summed E-state index contributed by atoms with van der Waals surface area (Å²) in [5.74, 6) is 0.887. The van der Waals surface area contributed by atoms with Crippen LogP contribution in [0, 0.1) is 17.7 Å². The van der Waals surface area contributed by atoms with Crippen LogP contribution in [0.4, 0.5) is 10.2 Å². The van der Waals surface area contributed by atoms with Gasteiger partial charge in [-0.1, -0.05) is 24.3 Å². The lowest BCUT2D eigenvalue weighted by atomic mass is 9.82. The zero-order chi connectivity index (χ0) is 30.2. The molecule has 1 saturated carbocycles. The molecule has 0 bridgehead atoms. The highest BCUT2D eigenvalue weighted by Crippen LogP contribution is 2.35. The van der Waals surface area contributed by atoms with E-state index >= 15 is 0 Å². The molecule has 7 rings (SSSR count). The van der Waals surface area contributed by atoms with Gasteiger partial charge in [0, 0.05) is 30.5 Å². The number of halogens is 1. The van der Waals surface area contributed by atoms with Crippen LogP contribution in [0.1, 0.15) is 43.6 Å². The largest absolute Gasteiger partial charge is 0.481 e. The number of nitrogen functional groups attached to an aromatic ring is 1. The number of hydrogen-bond donors (Lipinski definition) is 2. The Labute approximate surface area is 255 Å². The van der Waals surface area contributed by atoms with E-state index in [9.17, 15) is 14.3 Å². The minimum absolute atomic E-state index is 0.167. The maximum absolute atomic E-state index is 14.7. The molecule has 2 aliphatic rings. The zero-order valence-corrected chi connectivity index (χ0v) is 24.4. The topological polar surface area (TPSA) is 110 Å². The molecule has 1 aliphatic carbocycles. The van der Waals surface area contributed by atoms with Crippen LogP contribution >= 0.6 is 0 Å². The van der Waals surface area contributed by atoms with E-state index in [0.717, 1.165) is 57.4 Å². The smallest absolute Gasteiger partial charge is 0.306 e. The number of aromatic nitrogens is 4. The summed E-state index contributed by atoms with van der Waals surface area (Å²) in [6, 6.07) is 22.6. The number of carbonyl (C=O) groups is 1. The first kappa shape index (κ1) is 28.2. The van der Waals surface area contributed by atoms with Gasteiger partial charge >= 0.3 is 5.97 Å². The molecule has 0 radical (unpaired) electrons. The van der Waals surface area contributed by atoms with Crippen molar-refractivity contribution in [3.05, 3.63) is 90.4 Å². The Bertz CT molecular complexity index is 1810. The molecule has 3 aromatic heterocycles. The van der Waals surface area contributed by atoms with Crippen LogP contribution in [0.15, 0.2) is 79.0 Å². The van der Waals surface area contributed by atoms with E-state index in [2.05, 4.69) is 34.1 Å². The minimum atomic E-state index is -0.644. The van der Waals surface area contributed by atoms with Gasteiger partial charge in [-0.05, 0) is 105 Å². The van der Waals surface area contributed by atoms with Gasteiger partial charge in [-0.3, -0.25) is 9.36 Å². The second kappa shape index (κ2) is 11.8. The van der Waals surface area contributed by atoms with E-state index in [4.69, 9.17) is 15.7 Å². The fraction of sp³-hybridized carbons (Fsp3) is 0.314. The summed E-state index contributed by atoms with van der Waals surface area (Å²) in [7, 11) is 0. The van der Waals surface area contributed by atoms with Gasteiger partial charge in [0.2, 0.25) is 0 Å². The molecule has 5 aromatic rings. The molecule has 0 spiro atoms. The quantitative estimate of drug-likeness (QED) is 0.221. The third kappa shape index (κ3) is 5.43. The number of aliphatic carboxylic acids is 1. The molecule has 44 heavy (non-hydrogen) atoms. The Kier molecular flexibility index (Phi) is 7.56. The lowest BCUT2D eigenvalue weighted by Crippen LogP contribution is -2.31. The van der Waals surface area contributed by atoms with Crippen molar-refractivity contribution in [2.45, 2.75) is 38.0 Å².